The Morgan fingerprint density at radius 2 is 2.05 bits per heavy atom. The molecule has 0 atom stereocenters. The molecule has 1 aromatic rings. The molecule has 0 saturated heterocycles. The van der Waals surface area contributed by atoms with Gasteiger partial charge in [0.1, 0.15) is 10.7 Å². The highest BCUT2D eigenvalue weighted by Gasteiger charge is 2.26. The summed E-state index contributed by atoms with van der Waals surface area (Å²) < 4.78 is 62.6. The molecule has 0 heterocycles. The van der Waals surface area contributed by atoms with Crippen molar-refractivity contribution in [2.24, 2.45) is 0 Å². The molecule has 0 aliphatic carbocycles. The lowest BCUT2D eigenvalue weighted by molar-refractivity contribution is 0.126. The van der Waals surface area contributed by atoms with E-state index in [1.54, 1.807) is 0 Å². The minimum Gasteiger partial charge on any atom is -0.395 e. The fourth-order valence-electron chi connectivity index (χ4n) is 1.47. The van der Waals surface area contributed by atoms with Crippen molar-refractivity contribution in [2.75, 3.05) is 20.2 Å². The van der Waals surface area contributed by atoms with Gasteiger partial charge in [-0.1, -0.05) is 11.8 Å². The van der Waals surface area contributed by atoms with Crippen LogP contribution in [0.15, 0.2) is 23.1 Å². The van der Waals surface area contributed by atoms with Crippen LogP contribution in [-0.2, 0) is 10.0 Å². The maximum atomic E-state index is 13.8. The number of rotatable bonds is 5. The number of alkyl halides is 2. The Kier molecular flexibility index (Phi) is 6.20. The number of aliphatic hydroxyl groups excluding tert-OH is 1. The second-order valence-corrected chi connectivity index (χ2v) is 6.11. The highest BCUT2D eigenvalue weighted by atomic mass is 32.2. The minimum atomic E-state index is -4.32. The molecule has 21 heavy (non-hydrogen) atoms. The quantitative estimate of drug-likeness (QED) is 0.835. The van der Waals surface area contributed by atoms with Crippen LogP contribution in [0.3, 0.4) is 0 Å². The molecule has 0 saturated carbocycles. The Morgan fingerprint density at radius 3 is 2.57 bits per heavy atom. The highest BCUT2D eigenvalue weighted by Crippen LogP contribution is 2.20. The molecule has 0 unspecified atom stereocenters. The predicted octanol–water partition coefficient (Wildman–Crippen LogP) is 1.45. The zero-order valence-electron chi connectivity index (χ0n) is 11.2. The SMILES string of the molecule is CN(CC(F)F)S(=O)(=O)c1ccc(C#CCCO)cc1F. The van der Waals surface area contributed by atoms with E-state index in [2.05, 4.69) is 11.8 Å². The number of hydrogen-bond acceptors (Lipinski definition) is 3. The number of hydrogen-bond donors (Lipinski definition) is 1. The second-order valence-electron chi connectivity index (χ2n) is 4.10. The van der Waals surface area contributed by atoms with Gasteiger partial charge in [0.15, 0.2) is 0 Å². The first-order chi connectivity index (χ1) is 9.78. The summed E-state index contributed by atoms with van der Waals surface area (Å²) in [6, 6.07) is 3.17. The molecular weight excluding hydrogens is 307 g/mol. The van der Waals surface area contributed by atoms with Crippen LogP contribution in [0.5, 0.6) is 0 Å². The summed E-state index contributed by atoms with van der Waals surface area (Å²) in [6.45, 7) is -1.15. The fraction of sp³-hybridized carbons (Fsp3) is 0.385. The Balaban J connectivity index is 3.07. The van der Waals surface area contributed by atoms with Gasteiger partial charge in [0.25, 0.3) is 6.43 Å². The lowest BCUT2D eigenvalue weighted by Crippen LogP contribution is -2.32. The average molecular weight is 321 g/mol. The van der Waals surface area contributed by atoms with Crippen LogP contribution in [0.25, 0.3) is 0 Å². The third-order valence-corrected chi connectivity index (χ3v) is 4.34. The zero-order valence-corrected chi connectivity index (χ0v) is 12.0. The highest BCUT2D eigenvalue weighted by molar-refractivity contribution is 7.89. The van der Waals surface area contributed by atoms with Gasteiger partial charge in [-0.05, 0) is 18.2 Å². The van der Waals surface area contributed by atoms with Crippen molar-refractivity contribution < 1.29 is 26.7 Å². The van der Waals surface area contributed by atoms with E-state index >= 15 is 0 Å². The summed E-state index contributed by atoms with van der Waals surface area (Å²) in [4.78, 5) is -0.682. The molecule has 1 N–H and O–H groups in total. The van der Waals surface area contributed by atoms with E-state index in [4.69, 9.17) is 5.11 Å². The van der Waals surface area contributed by atoms with Crippen LogP contribution in [-0.4, -0.2) is 44.5 Å². The standard InChI is InChI=1S/C13H14F3NO3S/c1-17(9-13(15)16)21(19,20)12-6-5-10(8-11(12)14)4-2-3-7-18/h5-6,8,13,18H,3,7,9H2,1H3. The van der Waals surface area contributed by atoms with E-state index in [-0.39, 0.29) is 18.6 Å². The van der Waals surface area contributed by atoms with E-state index in [0.717, 1.165) is 19.2 Å². The minimum absolute atomic E-state index is 0.139. The first-order valence-electron chi connectivity index (χ1n) is 5.92. The molecule has 0 bridgehead atoms. The molecule has 0 spiro atoms. The third kappa shape index (κ3) is 4.74. The van der Waals surface area contributed by atoms with Crippen LogP contribution >= 0.6 is 0 Å². The van der Waals surface area contributed by atoms with Gasteiger partial charge < -0.3 is 5.11 Å². The summed E-state index contributed by atoms with van der Waals surface area (Å²) in [5.74, 6) is 4.04. The molecule has 116 valence electrons. The number of halogens is 3. The summed E-state index contributed by atoms with van der Waals surface area (Å²) in [5.41, 5.74) is 0.233. The summed E-state index contributed by atoms with van der Waals surface area (Å²) >= 11 is 0. The fourth-order valence-corrected chi connectivity index (χ4v) is 2.66. The Morgan fingerprint density at radius 1 is 1.38 bits per heavy atom. The van der Waals surface area contributed by atoms with Gasteiger partial charge in [-0.15, -0.1) is 0 Å². The molecule has 1 aromatic carbocycles. The Hall–Kier alpha value is -1.56. The summed E-state index contributed by atoms with van der Waals surface area (Å²) in [7, 11) is -3.36. The van der Waals surface area contributed by atoms with Crippen molar-refractivity contribution in [3.63, 3.8) is 0 Å². The maximum Gasteiger partial charge on any atom is 0.252 e. The molecule has 0 aliphatic heterocycles. The molecule has 0 amide bonds. The van der Waals surface area contributed by atoms with Gasteiger partial charge in [-0.3, -0.25) is 0 Å². The lowest BCUT2D eigenvalue weighted by atomic mass is 10.2. The van der Waals surface area contributed by atoms with Crippen molar-refractivity contribution in [1.29, 1.82) is 0 Å². The van der Waals surface area contributed by atoms with E-state index < -0.39 is 33.7 Å². The largest absolute Gasteiger partial charge is 0.395 e. The van der Waals surface area contributed by atoms with Gasteiger partial charge in [-0.25, -0.2) is 21.6 Å². The van der Waals surface area contributed by atoms with Crippen molar-refractivity contribution >= 4 is 10.0 Å². The molecule has 0 aliphatic rings. The Bertz CT molecular complexity index is 650. The van der Waals surface area contributed by atoms with Crippen LogP contribution < -0.4 is 0 Å². The van der Waals surface area contributed by atoms with Crippen molar-refractivity contribution in [2.45, 2.75) is 17.7 Å². The molecular formula is C13H14F3NO3S. The predicted molar refractivity (Wildman–Crippen MR) is 70.8 cm³/mol. The van der Waals surface area contributed by atoms with Gasteiger partial charge in [0, 0.05) is 19.0 Å². The average Bonchev–Trinajstić information content (AvgIpc) is 2.38. The van der Waals surface area contributed by atoms with Crippen LogP contribution in [0.4, 0.5) is 13.2 Å². The molecule has 8 heteroatoms. The van der Waals surface area contributed by atoms with Crippen LogP contribution in [0.1, 0.15) is 12.0 Å². The van der Waals surface area contributed by atoms with Crippen molar-refractivity contribution in [3.8, 4) is 11.8 Å². The van der Waals surface area contributed by atoms with Gasteiger partial charge in [-0.2, -0.15) is 4.31 Å². The monoisotopic (exact) mass is 321 g/mol. The van der Waals surface area contributed by atoms with Gasteiger partial charge in [0.05, 0.1) is 13.2 Å². The topological polar surface area (TPSA) is 57.6 Å². The summed E-state index contributed by atoms with van der Waals surface area (Å²) in [5, 5.41) is 8.56. The smallest absolute Gasteiger partial charge is 0.252 e. The van der Waals surface area contributed by atoms with Gasteiger partial charge >= 0.3 is 0 Å². The van der Waals surface area contributed by atoms with Gasteiger partial charge in [0.2, 0.25) is 10.0 Å². The van der Waals surface area contributed by atoms with Crippen LogP contribution in [0, 0.1) is 17.7 Å². The van der Waals surface area contributed by atoms with E-state index in [0.29, 0.717) is 4.31 Å². The first kappa shape index (κ1) is 17.5. The van der Waals surface area contributed by atoms with Crippen molar-refractivity contribution in [1.82, 2.24) is 4.31 Å². The van der Waals surface area contributed by atoms with Crippen molar-refractivity contribution in [3.05, 3.63) is 29.6 Å². The van der Waals surface area contributed by atoms with E-state index in [1.807, 2.05) is 0 Å². The zero-order chi connectivity index (χ0) is 16.0. The molecule has 4 nitrogen and oxygen atoms in total. The van der Waals surface area contributed by atoms with E-state index in [9.17, 15) is 21.6 Å². The Labute approximate surface area is 121 Å². The van der Waals surface area contributed by atoms with Crippen LogP contribution in [0.2, 0.25) is 0 Å². The molecule has 0 radical (unpaired) electrons. The second kappa shape index (κ2) is 7.45. The molecule has 0 fully saturated rings. The molecule has 0 aromatic heterocycles. The molecule has 1 rings (SSSR count). The number of benzene rings is 1. The summed E-state index contributed by atoms with van der Waals surface area (Å²) in [6.07, 6.45) is -2.64. The normalized spacial score (nSPS) is 11.6. The lowest BCUT2D eigenvalue weighted by Gasteiger charge is -2.17. The number of nitrogens with zero attached hydrogens (tertiary/aromatic N) is 1. The van der Waals surface area contributed by atoms with E-state index in [1.165, 1.54) is 6.07 Å². The maximum absolute atomic E-state index is 13.8. The first-order valence-corrected chi connectivity index (χ1v) is 7.37. The third-order valence-electron chi connectivity index (χ3n) is 2.48. The number of aliphatic hydroxyl groups is 1. The number of sulfonamides is 1.